The molecule has 0 unspecified atom stereocenters. The van der Waals surface area contributed by atoms with E-state index in [2.05, 4.69) is 31.4 Å². The lowest BCUT2D eigenvalue weighted by atomic mass is 10.1. The fraction of sp³-hybridized carbons (Fsp3) is 0.500. The zero-order chi connectivity index (χ0) is 15.2. The second-order valence-electron chi connectivity index (χ2n) is 6.44. The number of aromatic nitrogens is 4. The second kappa shape index (κ2) is 5.13. The Morgan fingerprint density at radius 3 is 3.00 bits per heavy atom. The van der Waals surface area contributed by atoms with E-state index < -0.39 is 0 Å². The van der Waals surface area contributed by atoms with Crippen molar-refractivity contribution in [3.63, 3.8) is 0 Å². The van der Waals surface area contributed by atoms with Crippen molar-refractivity contribution in [1.82, 2.24) is 25.4 Å². The second-order valence-corrected chi connectivity index (χ2v) is 6.44. The zero-order valence-electron chi connectivity index (χ0n) is 12.7. The van der Waals surface area contributed by atoms with E-state index in [1.54, 1.807) is 0 Å². The van der Waals surface area contributed by atoms with Gasteiger partial charge in [-0.15, -0.1) is 0 Å². The molecule has 5 rings (SSSR count). The van der Waals surface area contributed by atoms with Crippen LogP contribution in [0.15, 0.2) is 27.4 Å². The molecule has 0 bridgehead atoms. The van der Waals surface area contributed by atoms with Gasteiger partial charge in [0.2, 0.25) is 5.89 Å². The molecule has 3 heterocycles. The van der Waals surface area contributed by atoms with Crippen LogP contribution in [0, 0.1) is 0 Å². The van der Waals surface area contributed by atoms with E-state index >= 15 is 0 Å². The fourth-order valence-electron chi connectivity index (χ4n) is 3.39. The highest BCUT2D eigenvalue weighted by molar-refractivity contribution is 5.76. The Morgan fingerprint density at radius 1 is 1.13 bits per heavy atom. The van der Waals surface area contributed by atoms with Crippen LogP contribution in [0.3, 0.4) is 0 Å². The van der Waals surface area contributed by atoms with Gasteiger partial charge in [0.25, 0.3) is 0 Å². The van der Waals surface area contributed by atoms with Crippen LogP contribution in [0.1, 0.15) is 54.9 Å². The third-order valence-electron chi connectivity index (χ3n) is 4.79. The molecule has 1 aliphatic carbocycles. The van der Waals surface area contributed by atoms with Crippen molar-refractivity contribution in [2.24, 2.45) is 0 Å². The summed E-state index contributed by atoms with van der Waals surface area (Å²) in [6.45, 7) is 1.81. The molecular formula is C16H17N5O2. The maximum Gasteiger partial charge on any atom is 0.244 e. The van der Waals surface area contributed by atoms with Crippen LogP contribution in [-0.2, 0) is 6.54 Å². The molecule has 7 heteroatoms. The van der Waals surface area contributed by atoms with Crippen LogP contribution < -0.4 is 0 Å². The number of rotatable bonds is 4. The first-order valence-corrected chi connectivity index (χ1v) is 8.16. The highest BCUT2D eigenvalue weighted by Gasteiger charge is 2.34. The molecule has 0 radical (unpaired) electrons. The highest BCUT2D eigenvalue weighted by Crippen LogP contribution is 2.40. The van der Waals surface area contributed by atoms with Crippen molar-refractivity contribution in [3.05, 3.63) is 35.5 Å². The summed E-state index contributed by atoms with van der Waals surface area (Å²) in [5.41, 5.74) is 2.76. The van der Waals surface area contributed by atoms with Crippen molar-refractivity contribution in [2.75, 3.05) is 6.54 Å². The molecule has 3 aromatic rings. The lowest BCUT2D eigenvalue weighted by Gasteiger charge is -2.21. The number of hydrogen-bond donors (Lipinski definition) is 0. The minimum absolute atomic E-state index is 0.199. The molecule has 1 aromatic carbocycles. The SMILES string of the molecule is c1cc(CN2CCC[C@H]2c2nc(C3CC3)no2)c2nonc2c1. The molecule has 23 heavy (non-hydrogen) atoms. The zero-order valence-corrected chi connectivity index (χ0v) is 12.7. The van der Waals surface area contributed by atoms with Gasteiger partial charge in [0.1, 0.15) is 11.0 Å². The Kier molecular flexibility index (Phi) is 2.94. The molecule has 1 saturated heterocycles. The maximum absolute atomic E-state index is 5.54. The Labute approximate surface area is 132 Å². The molecule has 1 aliphatic heterocycles. The summed E-state index contributed by atoms with van der Waals surface area (Å²) in [5.74, 6) is 2.17. The van der Waals surface area contributed by atoms with Crippen molar-refractivity contribution >= 4 is 11.0 Å². The summed E-state index contributed by atoms with van der Waals surface area (Å²) in [6.07, 6.45) is 4.57. The minimum atomic E-state index is 0.199. The van der Waals surface area contributed by atoms with E-state index in [1.807, 2.05) is 12.1 Å². The largest absolute Gasteiger partial charge is 0.338 e. The number of likely N-dealkylation sites (tertiary alicyclic amines) is 1. The average molecular weight is 311 g/mol. The third-order valence-corrected chi connectivity index (χ3v) is 4.79. The van der Waals surface area contributed by atoms with Crippen molar-refractivity contribution < 1.29 is 9.15 Å². The topological polar surface area (TPSA) is 81.1 Å². The molecule has 0 amide bonds. The lowest BCUT2D eigenvalue weighted by molar-refractivity contribution is 0.201. The number of nitrogens with zero attached hydrogens (tertiary/aromatic N) is 5. The van der Waals surface area contributed by atoms with Crippen LogP contribution in [0.25, 0.3) is 11.0 Å². The predicted octanol–water partition coefficient (Wildman–Crippen LogP) is 2.82. The van der Waals surface area contributed by atoms with E-state index in [1.165, 1.54) is 12.8 Å². The molecule has 118 valence electrons. The van der Waals surface area contributed by atoms with Gasteiger partial charge in [-0.3, -0.25) is 4.90 Å². The van der Waals surface area contributed by atoms with Gasteiger partial charge < -0.3 is 4.52 Å². The van der Waals surface area contributed by atoms with Crippen molar-refractivity contribution in [2.45, 2.75) is 44.2 Å². The van der Waals surface area contributed by atoms with E-state index in [4.69, 9.17) is 9.15 Å². The summed E-state index contributed by atoms with van der Waals surface area (Å²) in [4.78, 5) is 7.02. The smallest absolute Gasteiger partial charge is 0.244 e. The summed E-state index contributed by atoms with van der Waals surface area (Å²) < 4.78 is 10.4. The van der Waals surface area contributed by atoms with Crippen LogP contribution in [0.4, 0.5) is 0 Å². The van der Waals surface area contributed by atoms with Gasteiger partial charge in [-0.05, 0) is 54.2 Å². The number of hydrogen-bond acceptors (Lipinski definition) is 7. The third kappa shape index (κ3) is 2.31. The van der Waals surface area contributed by atoms with E-state index in [-0.39, 0.29) is 6.04 Å². The van der Waals surface area contributed by atoms with Crippen LogP contribution >= 0.6 is 0 Å². The molecule has 0 spiro atoms. The standard InChI is InChI=1S/C16H17N5O2/c1-3-11(14-12(4-1)18-23-19-14)9-21-8-2-5-13(21)16-17-15(20-22-16)10-6-7-10/h1,3-4,10,13H,2,5-9H2/t13-/m0/s1. The molecule has 2 fully saturated rings. The first-order chi connectivity index (χ1) is 11.4. The van der Waals surface area contributed by atoms with Crippen LogP contribution in [-0.4, -0.2) is 31.9 Å². The van der Waals surface area contributed by atoms with E-state index in [9.17, 15) is 0 Å². The molecule has 1 atom stereocenters. The van der Waals surface area contributed by atoms with Gasteiger partial charge >= 0.3 is 0 Å². The van der Waals surface area contributed by atoms with Gasteiger partial charge in [0.05, 0.1) is 6.04 Å². The molecule has 0 N–H and O–H groups in total. The summed E-state index contributed by atoms with van der Waals surface area (Å²) in [6, 6.07) is 6.18. The van der Waals surface area contributed by atoms with Crippen LogP contribution in [0.5, 0.6) is 0 Å². The summed E-state index contributed by atoms with van der Waals surface area (Å²) in [7, 11) is 0. The fourth-order valence-corrected chi connectivity index (χ4v) is 3.39. The predicted molar refractivity (Wildman–Crippen MR) is 80.5 cm³/mol. The lowest BCUT2D eigenvalue weighted by Crippen LogP contribution is -2.23. The highest BCUT2D eigenvalue weighted by atomic mass is 16.6. The monoisotopic (exact) mass is 311 g/mol. The van der Waals surface area contributed by atoms with Gasteiger partial charge in [-0.1, -0.05) is 17.3 Å². The van der Waals surface area contributed by atoms with E-state index in [0.717, 1.165) is 54.2 Å². The first-order valence-electron chi connectivity index (χ1n) is 8.16. The first kappa shape index (κ1) is 13.2. The Hall–Kier alpha value is -2.28. The molecule has 2 aliphatic rings. The molecule has 1 saturated carbocycles. The minimum Gasteiger partial charge on any atom is -0.338 e. The normalized spacial score (nSPS) is 22.2. The van der Waals surface area contributed by atoms with Gasteiger partial charge in [0.15, 0.2) is 5.82 Å². The van der Waals surface area contributed by atoms with Crippen molar-refractivity contribution in [1.29, 1.82) is 0 Å². The van der Waals surface area contributed by atoms with Gasteiger partial charge in [0, 0.05) is 12.5 Å². The number of fused-ring (bicyclic) bond motifs is 1. The van der Waals surface area contributed by atoms with Gasteiger partial charge in [-0.2, -0.15) is 4.98 Å². The van der Waals surface area contributed by atoms with Crippen LogP contribution in [0.2, 0.25) is 0 Å². The Balaban J connectivity index is 1.41. The Morgan fingerprint density at radius 2 is 2.09 bits per heavy atom. The summed E-state index contributed by atoms with van der Waals surface area (Å²) >= 11 is 0. The average Bonchev–Trinajstić information content (AvgIpc) is 2.99. The molecule has 2 aromatic heterocycles. The Bertz CT molecular complexity index is 838. The summed E-state index contributed by atoms with van der Waals surface area (Å²) in [5, 5.41) is 12.1. The number of benzene rings is 1. The van der Waals surface area contributed by atoms with E-state index in [0.29, 0.717) is 5.92 Å². The van der Waals surface area contributed by atoms with Gasteiger partial charge in [-0.25, -0.2) is 4.63 Å². The molecule has 7 nitrogen and oxygen atoms in total. The quantitative estimate of drug-likeness (QED) is 0.732. The molecular weight excluding hydrogens is 294 g/mol. The maximum atomic E-state index is 5.54. The van der Waals surface area contributed by atoms with Crippen molar-refractivity contribution in [3.8, 4) is 0 Å².